The van der Waals surface area contributed by atoms with Crippen molar-refractivity contribution in [1.82, 2.24) is 10.4 Å². The van der Waals surface area contributed by atoms with Gasteiger partial charge in [-0.15, -0.1) is 0 Å². The Morgan fingerprint density at radius 1 is 1.16 bits per heavy atom. The molecule has 0 aliphatic heterocycles. The van der Waals surface area contributed by atoms with Crippen LogP contribution in [0, 0.1) is 6.92 Å². The van der Waals surface area contributed by atoms with E-state index in [1.54, 1.807) is 43.3 Å². The number of pyridine rings is 1. The fraction of sp³-hybridized carbons (Fsp3) is 0.217. The van der Waals surface area contributed by atoms with Gasteiger partial charge >= 0.3 is 0 Å². The Hall–Kier alpha value is -3.65. The predicted octanol–water partition coefficient (Wildman–Crippen LogP) is 4.37. The Morgan fingerprint density at radius 2 is 1.97 bits per heavy atom. The van der Waals surface area contributed by atoms with E-state index in [2.05, 4.69) is 20.8 Å². The van der Waals surface area contributed by atoms with E-state index in [1.807, 2.05) is 0 Å². The quantitative estimate of drug-likeness (QED) is 0.559. The molecule has 0 fully saturated rings. The molecule has 0 spiro atoms. The van der Waals surface area contributed by atoms with Gasteiger partial charge in [0.15, 0.2) is 5.76 Å². The Labute approximate surface area is 189 Å². The second-order valence-electron chi connectivity index (χ2n) is 7.22. The lowest BCUT2D eigenvalue weighted by Gasteiger charge is -2.14. The molecule has 2 aromatic heterocycles. The monoisotopic (exact) mass is 452 g/mol. The lowest BCUT2D eigenvalue weighted by molar-refractivity contribution is 0.0950. The second-order valence-corrected chi connectivity index (χ2v) is 7.66. The Morgan fingerprint density at radius 3 is 2.72 bits per heavy atom. The van der Waals surface area contributed by atoms with Crippen molar-refractivity contribution in [2.75, 3.05) is 12.4 Å². The number of ether oxygens (including phenoxy) is 1. The molecule has 0 saturated heterocycles. The average Bonchev–Trinajstić information content (AvgIpc) is 3.16. The number of furan rings is 1. The van der Waals surface area contributed by atoms with Gasteiger partial charge in [0.2, 0.25) is 0 Å². The summed E-state index contributed by atoms with van der Waals surface area (Å²) in [7, 11) is 1.51. The first kappa shape index (κ1) is 21.6. The number of nitrogens with one attached hydrogen (secondary N) is 2. The lowest BCUT2D eigenvalue weighted by Crippen LogP contribution is -2.22. The summed E-state index contributed by atoms with van der Waals surface area (Å²) in [5.74, 6) is 0.903. The van der Waals surface area contributed by atoms with Crippen molar-refractivity contribution in [3.63, 3.8) is 0 Å². The largest absolute Gasteiger partial charge is 0.496 e. The highest BCUT2D eigenvalue weighted by molar-refractivity contribution is 6.30. The van der Waals surface area contributed by atoms with E-state index in [-0.39, 0.29) is 11.7 Å². The molecular weight excluding hydrogens is 432 g/mol. The van der Waals surface area contributed by atoms with Crippen LogP contribution in [0.2, 0.25) is 5.02 Å². The summed E-state index contributed by atoms with van der Waals surface area (Å²) in [6.45, 7) is 1.80. The number of hydrazone groups is 1. The molecule has 2 amide bonds. The number of nitrogens with zero attached hydrogens (tertiary/aromatic N) is 2. The molecule has 0 radical (unpaired) electrons. The number of hydrogen-bond acceptors (Lipinski definition) is 6. The van der Waals surface area contributed by atoms with Crippen molar-refractivity contribution in [3.8, 4) is 5.75 Å². The average molecular weight is 453 g/mol. The van der Waals surface area contributed by atoms with Crippen LogP contribution in [-0.4, -0.2) is 29.6 Å². The first-order chi connectivity index (χ1) is 15.5. The maximum Gasteiger partial charge on any atom is 0.292 e. The van der Waals surface area contributed by atoms with Crippen LogP contribution >= 0.6 is 11.6 Å². The third-order valence-electron chi connectivity index (χ3n) is 5.14. The molecular formula is C23H21ClN4O4. The van der Waals surface area contributed by atoms with E-state index in [0.717, 1.165) is 12.0 Å². The minimum absolute atomic E-state index is 0.192. The number of benzene rings is 1. The number of carbonyl (C=O) groups excluding carboxylic acids is 2. The molecule has 0 bridgehead atoms. The van der Waals surface area contributed by atoms with Gasteiger partial charge in [0.25, 0.3) is 11.8 Å². The van der Waals surface area contributed by atoms with Gasteiger partial charge in [-0.25, -0.2) is 10.4 Å². The summed E-state index contributed by atoms with van der Waals surface area (Å²) in [6, 6.07) is 10.2. The summed E-state index contributed by atoms with van der Waals surface area (Å²) in [4.78, 5) is 29.4. The molecule has 9 heteroatoms. The third kappa shape index (κ3) is 4.36. The van der Waals surface area contributed by atoms with Crippen LogP contribution in [0.1, 0.15) is 50.6 Å². The molecule has 2 N–H and O–H groups in total. The number of anilines is 1. The minimum atomic E-state index is -0.413. The van der Waals surface area contributed by atoms with E-state index in [4.69, 9.17) is 20.8 Å². The van der Waals surface area contributed by atoms with Crippen molar-refractivity contribution >= 4 is 34.9 Å². The summed E-state index contributed by atoms with van der Waals surface area (Å²) in [5.41, 5.74) is 5.07. The molecule has 8 nitrogen and oxygen atoms in total. The van der Waals surface area contributed by atoms with Crippen LogP contribution in [-0.2, 0) is 6.42 Å². The molecule has 0 saturated carbocycles. The standard InChI is InChI=1S/C23H21ClN4O4/c1-13-20-16(27-28-22(29)15-6-3-4-8-17(15)31-2)7-5-9-18(20)32-21(13)23(30)26-19-11-10-14(24)12-25-19/h3-4,6,8,10-12H,5,7,9H2,1-2H3,(H,28,29)(H,25,26,30)/b27-16+. The molecule has 164 valence electrons. The molecule has 32 heavy (non-hydrogen) atoms. The van der Waals surface area contributed by atoms with Crippen LogP contribution in [0.3, 0.4) is 0 Å². The van der Waals surface area contributed by atoms with Crippen molar-refractivity contribution in [1.29, 1.82) is 0 Å². The summed E-state index contributed by atoms with van der Waals surface area (Å²) in [6.07, 6.45) is 3.58. The SMILES string of the molecule is COc1ccccc1C(=O)N/N=C1\CCCc2oc(C(=O)Nc3ccc(Cl)cn3)c(C)c21. The van der Waals surface area contributed by atoms with Crippen LogP contribution in [0.4, 0.5) is 5.82 Å². The van der Waals surface area contributed by atoms with Crippen molar-refractivity contribution in [2.45, 2.75) is 26.2 Å². The highest BCUT2D eigenvalue weighted by Gasteiger charge is 2.28. The number of aryl methyl sites for hydroxylation is 1. The highest BCUT2D eigenvalue weighted by Crippen LogP contribution is 2.30. The topological polar surface area (TPSA) is 106 Å². The molecule has 3 aromatic rings. The first-order valence-electron chi connectivity index (χ1n) is 10.0. The van der Waals surface area contributed by atoms with Gasteiger partial charge in [0.05, 0.1) is 23.4 Å². The van der Waals surface area contributed by atoms with Gasteiger partial charge < -0.3 is 14.5 Å². The first-order valence-corrected chi connectivity index (χ1v) is 10.4. The second kappa shape index (κ2) is 9.23. The summed E-state index contributed by atoms with van der Waals surface area (Å²) in [5, 5.41) is 7.53. The zero-order valence-corrected chi connectivity index (χ0v) is 18.3. The molecule has 1 aliphatic rings. The molecule has 0 atom stereocenters. The van der Waals surface area contributed by atoms with Crippen LogP contribution in [0.15, 0.2) is 52.1 Å². The number of fused-ring (bicyclic) bond motifs is 1. The van der Waals surface area contributed by atoms with Gasteiger partial charge in [0.1, 0.15) is 17.3 Å². The van der Waals surface area contributed by atoms with Gasteiger partial charge in [-0.1, -0.05) is 23.7 Å². The fourth-order valence-corrected chi connectivity index (χ4v) is 3.74. The van der Waals surface area contributed by atoms with Crippen LogP contribution in [0.5, 0.6) is 5.75 Å². The molecule has 2 heterocycles. The van der Waals surface area contributed by atoms with E-state index in [0.29, 0.717) is 52.0 Å². The molecule has 4 rings (SSSR count). The minimum Gasteiger partial charge on any atom is -0.496 e. The maximum atomic E-state index is 12.8. The molecule has 1 aliphatic carbocycles. The van der Waals surface area contributed by atoms with Crippen molar-refractivity contribution < 1.29 is 18.7 Å². The molecule has 1 aromatic carbocycles. The lowest BCUT2D eigenvalue weighted by atomic mass is 9.93. The van der Waals surface area contributed by atoms with E-state index < -0.39 is 5.91 Å². The van der Waals surface area contributed by atoms with Gasteiger partial charge in [-0.05, 0) is 44.0 Å². The number of rotatable bonds is 5. The Bertz CT molecular complexity index is 1200. The highest BCUT2D eigenvalue weighted by atomic mass is 35.5. The molecule has 0 unspecified atom stereocenters. The Kier molecular flexibility index (Phi) is 6.23. The van der Waals surface area contributed by atoms with Crippen LogP contribution < -0.4 is 15.5 Å². The number of halogens is 1. The Balaban J connectivity index is 1.57. The van der Waals surface area contributed by atoms with E-state index >= 15 is 0 Å². The smallest absolute Gasteiger partial charge is 0.292 e. The number of carbonyl (C=O) groups is 2. The normalized spacial score (nSPS) is 14.0. The zero-order chi connectivity index (χ0) is 22.7. The predicted molar refractivity (Wildman–Crippen MR) is 121 cm³/mol. The van der Waals surface area contributed by atoms with Gasteiger partial charge in [-0.3, -0.25) is 9.59 Å². The fourth-order valence-electron chi connectivity index (χ4n) is 3.63. The number of hydrogen-bond donors (Lipinski definition) is 2. The maximum absolute atomic E-state index is 12.8. The van der Waals surface area contributed by atoms with Gasteiger partial charge in [-0.2, -0.15) is 5.10 Å². The zero-order valence-electron chi connectivity index (χ0n) is 17.6. The van der Waals surface area contributed by atoms with Crippen molar-refractivity contribution in [2.24, 2.45) is 5.10 Å². The van der Waals surface area contributed by atoms with Crippen LogP contribution in [0.25, 0.3) is 0 Å². The van der Waals surface area contributed by atoms with E-state index in [9.17, 15) is 9.59 Å². The van der Waals surface area contributed by atoms with E-state index in [1.165, 1.54) is 13.3 Å². The number of amides is 2. The summed E-state index contributed by atoms with van der Waals surface area (Å²) >= 11 is 5.84. The number of methoxy groups -OCH3 is 1. The number of para-hydroxylation sites is 1. The van der Waals surface area contributed by atoms with Gasteiger partial charge in [0, 0.05) is 23.7 Å². The third-order valence-corrected chi connectivity index (χ3v) is 5.37. The van der Waals surface area contributed by atoms with Crippen molar-refractivity contribution in [3.05, 3.63) is 75.8 Å². The number of aromatic nitrogens is 1. The summed E-state index contributed by atoms with van der Waals surface area (Å²) < 4.78 is 11.1.